The molecule has 0 bridgehead atoms. The molecule has 19 heavy (non-hydrogen) atoms. The Hall–Kier alpha value is -0.880. The van der Waals surface area contributed by atoms with Crippen LogP contribution in [0, 0.1) is 0 Å². The van der Waals surface area contributed by atoms with E-state index in [2.05, 4.69) is 0 Å². The first-order valence-electron chi connectivity index (χ1n) is 6.17. The van der Waals surface area contributed by atoms with E-state index in [9.17, 15) is 8.42 Å². The van der Waals surface area contributed by atoms with Crippen molar-refractivity contribution < 1.29 is 8.42 Å². The fourth-order valence-electron chi connectivity index (χ4n) is 2.03. The maximum absolute atomic E-state index is 12.1. The zero-order valence-corrected chi connectivity index (χ0v) is 12.1. The maximum Gasteiger partial charge on any atom is 0.236 e. The molecule has 1 heterocycles. The van der Waals surface area contributed by atoms with Crippen LogP contribution in [0.15, 0.2) is 29.7 Å². The van der Waals surface area contributed by atoms with Crippen LogP contribution in [0.2, 0.25) is 5.02 Å². The topological polar surface area (TPSA) is 63.4 Å². The summed E-state index contributed by atoms with van der Waals surface area (Å²) in [6, 6.07) is 6.94. The van der Waals surface area contributed by atoms with Gasteiger partial charge >= 0.3 is 0 Å². The number of sulfonamides is 1. The Kier molecular flexibility index (Phi) is 4.62. The quantitative estimate of drug-likeness (QED) is 0.929. The Morgan fingerprint density at radius 1 is 1.32 bits per heavy atom. The van der Waals surface area contributed by atoms with E-state index in [1.807, 2.05) is 0 Å². The number of rotatable bonds is 3. The summed E-state index contributed by atoms with van der Waals surface area (Å²) in [6.45, 7) is 0.939. The first kappa shape index (κ1) is 14.5. The Labute approximate surface area is 118 Å². The molecule has 1 atom stereocenters. The summed E-state index contributed by atoms with van der Waals surface area (Å²) in [7, 11) is -3.38. The zero-order valence-electron chi connectivity index (χ0n) is 10.5. The van der Waals surface area contributed by atoms with Crippen LogP contribution in [0.1, 0.15) is 18.4 Å². The molecule has 1 aliphatic heterocycles. The van der Waals surface area contributed by atoms with Crippen LogP contribution in [0.5, 0.6) is 0 Å². The average molecular weight is 301 g/mol. The van der Waals surface area contributed by atoms with Gasteiger partial charge in [-0.2, -0.15) is 4.31 Å². The minimum Gasteiger partial charge on any atom is -0.327 e. The van der Waals surface area contributed by atoms with E-state index in [-0.39, 0.29) is 6.04 Å². The molecular weight excluding hydrogens is 284 g/mol. The van der Waals surface area contributed by atoms with Gasteiger partial charge in [-0.15, -0.1) is 0 Å². The molecule has 0 radical (unpaired) electrons. The fourth-order valence-corrected chi connectivity index (χ4v) is 3.44. The summed E-state index contributed by atoms with van der Waals surface area (Å²) in [5.41, 5.74) is 6.60. The van der Waals surface area contributed by atoms with Gasteiger partial charge in [-0.1, -0.05) is 23.7 Å². The van der Waals surface area contributed by atoms with Crippen molar-refractivity contribution in [3.05, 3.63) is 40.3 Å². The van der Waals surface area contributed by atoms with Crippen LogP contribution in [0.4, 0.5) is 0 Å². The molecular formula is C13H17ClN2O2S. The lowest BCUT2D eigenvalue weighted by atomic mass is 10.1. The van der Waals surface area contributed by atoms with Crippen LogP contribution < -0.4 is 5.73 Å². The molecule has 6 heteroatoms. The summed E-state index contributed by atoms with van der Waals surface area (Å²) in [4.78, 5) is 0. The lowest BCUT2D eigenvalue weighted by Gasteiger charge is -2.28. The standard InChI is InChI=1S/C13H17ClN2O2S/c14-12-5-3-11(4-6-12)7-9-19(17,18)16-8-1-2-13(15)10-16/h3-7,9,13H,1-2,8,10,15H2/b9-7+. The molecule has 1 saturated heterocycles. The number of halogens is 1. The molecule has 1 aromatic rings. The average Bonchev–Trinajstić information content (AvgIpc) is 2.38. The third-order valence-corrected chi connectivity index (χ3v) is 4.87. The minimum atomic E-state index is -3.38. The lowest BCUT2D eigenvalue weighted by Crippen LogP contribution is -2.44. The van der Waals surface area contributed by atoms with Crippen LogP contribution in [0.25, 0.3) is 6.08 Å². The van der Waals surface area contributed by atoms with Crippen molar-refractivity contribution in [2.45, 2.75) is 18.9 Å². The Bertz CT molecular complexity index is 555. The number of hydrogen-bond acceptors (Lipinski definition) is 3. The first-order chi connectivity index (χ1) is 8.97. The van der Waals surface area contributed by atoms with Gasteiger partial charge in [0.05, 0.1) is 0 Å². The normalized spacial score (nSPS) is 21.9. The molecule has 1 unspecified atom stereocenters. The van der Waals surface area contributed by atoms with Gasteiger partial charge in [0.25, 0.3) is 0 Å². The summed E-state index contributed by atoms with van der Waals surface area (Å²) >= 11 is 5.78. The number of piperidine rings is 1. The van der Waals surface area contributed by atoms with Gasteiger partial charge < -0.3 is 5.73 Å². The number of nitrogens with zero attached hydrogens (tertiary/aromatic N) is 1. The van der Waals surface area contributed by atoms with Crippen molar-refractivity contribution in [2.75, 3.05) is 13.1 Å². The maximum atomic E-state index is 12.1. The highest BCUT2D eigenvalue weighted by Gasteiger charge is 2.25. The Balaban J connectivity index is 2.10. The molecule has 4 nitrogen and oxygen atoms in total. The predicted molar refractivity (Wildman–Crippen MR) is 78.2 cm³/mol. The summed E-state index contributed by atoms with van der Waals surface area (Å²) < 4.78 is 25.7. The van der Waals surface area contributed by atoms with Crippen molar-refractivity contribution in [3.8, 4) is 0 Å². The summed E-state index contributed by atoms with van der Waals surface area (Å²) in [5, 5.41) is 1.86. The van der Waals surface area contributed by atoms with Crippen molar-refractivity contribution in [2.24, 2.45) is 5.73 Å². The molecule has 2 N–H and O–H groups in total. The second kappa shape index (κ2) is 6.05. The molecule has 0 amide bonds. The van der Waals surface area contributed by atoms with Gasteiger partial charge in [-0.05, 0) is 36.6 Å². The van der Waals surface area contributed by atoms with Gasteiger partial charge in [0.1, 0.15) is 0 Å². The zero-order chi connectivity index (χ0) is 13.9. The predicted octanol–water partition coefficient (Wildman–Crippen LogP) is 2.06. The highest BCUT2D eigenvalue weighted by atomic mass is 35.5. The van der Waals surface area contributed by atoms with Crippen molar-refractivity contribution in [1.29, 1.82) is 0 Å². The highest BCUT2D eigenvalue weighted by molar-refractivity contribution is 7.92. The fraction of sp³-hybridized carbons (Fsp3) is 0.385. The van der Waals surface area contributed by atoms with Gasteiger partial charge in [0.2, 0.25) is 10.0 Å². The van der Waals surface area contributed by atoms with Crippen LogP contribution >= 0.6 is 11.6 Å². The smallest absolute Gasteiger partial charge is 0.236 e. The molecule has 1 aromatic carbocycles. The van der Waals surface area contributed by atoms with Gasteiger partial charge in [-0.25, -0.2) is 8.42 Å². The third kappa shape index (κ3) is 4.04. The van der Waals surface area contributed by atoms with Gasteiger partial charge in [-0.3, -0.25) is 0 Å². The first-order valence-corrected chi connectivity index (χ1v) is 8.05. The minimum absolute atomic E-state index is 0.0625. The monoisotopic (exact) mass is 300 g/mol. The van der Waals surface area contributed by atoms with Gasteiger partial charge in [0, 0.05) is 29.6 Å². The second-order valence-corrected chi connectivity index (χ2v) is 6.91. The van der Waals surface area contributed by atoms with Gasteiger partial charge in [0.15, 0.2) is 0 Å². The van der Waals surface area contributed by atoms with E-state index in [1.54, 1.807) is 30.3 Å². The number of hydrogen-bond donors (Lipinski definition) is 1. The van der Waals surface area contributed by atoms with Crippen molar-refractivity contribution >= 4 is 27.7 Å². The Morgan fingerprint density at radius 3 is 2.63 bits per heavy atom. The van der Waals surface area contributed by atoms with Crippen molar-refractivity contribution in [1.82, 2.24) is 4.31 Å². The molecule has 1 aliphatic rings. The van der Waals surface area contributed by atoms with E-state index in [4.69, 9.17) is 17.3 Å². The molecule has 0 spiro atoms. The van der Waals surface area contributed by atoms with Crippen LogP contribution in [-0.4, -0.2) is 31.9 Å². The third-order valence-electron chi connectivity index (χ3n) is 3.08. The lowest BCUT2D eigenvalue weighted by molar-refractivity contribution is 0.319. The summed E-state index contributed by atoms with van der Waals surface area (Å²) in [5.74, 6) is 0. The van der Waals surface area contributed by atoms with Crippen LogP contribution in [-0.2, 0) is 10.0 Å². The van der Waals surface area contributed by atoms with E-state index in [0.29, 0.717) is 18.1 Å². The SMILES string of the molecule is NC1CCCN(S(=O)(=O)/C=C/c2ccc(Cl)cc2)C1. The van der Waals surface area contributed by atoms with E-state index >= 15 is 0 Å². The van der Waals surface area contributed by atoms with Crippen LogP contribution in [0.3, 0.4) is 0 Å². The molecule has 2 rings (SSSR count). The molecule has 0 aliphatic carbocycles. The van der Waals surface area contributed by atoms with Crippen molar-refractivity contribution in [3.63, 3.8) is 0 Å². The molecule has 0 saturated carbocycles. The molecule has 1 fully saturated rings. The Morgan fingerprint density at radius 2 is 2.00 bits per heavy atom. The highest BCUT2D eigenvalue weighted by Crippen LogP contribution is 2.16. The summed E-state index contributed by atoms with van der Waals surface area (Å²) in [6.07, 6.45) is 3.27. The van der Waals surface area contributed by atoms with E-state index < -0.39 is 10.0 Å². The van der Waals surface area contributed by atoms with E-state index in [0.717, 1.165) is 18.4 Å². The van der Waals surface area contributed by atoms with E-state index in [1.165, 1.54) is 9.71 Å². The largest absolute Gasteiger partial charge is 0.327 e. The molecule has 104 valence electrons. The molecule has 0 aromatic heterocycles. The second-order valence-electron chi connectivity index (χ2n) is 4.66. The number of nitrogens with two attached hydrogens (primary N) is 1. The number of benzene rings is 1.